The Morgan fingerprint density at radius 1 is 0.917 bits per heavy atom. The molecule has 0 unspecified atom stereocenters. The smallest absolute Gasteiger partial charge is 0.162 e. The van der Waals surface area contributed by atoms with Gasteiger partial charge in [-0.1, -0.05) is 39.5 Å². The van der Waals surface area contributed by atoms with Crippen LogP contribution in [0.4, 0.5) is 0 Å². The predicted octanol–water partition coefficient (Wildman–Crippen LogP) is 7.33. The number of nitrogens with zero attached hydrogens (tertiary/aromatic N) is 2. The summed E-state index contributed by atoms with van der Waals surface area (Å²) in [5.41, 5.74) is 0.231. The summed E-state index contributed by atoms with van der Waals surface area (Å²) in [6, 6.07) is 0. The van der Waals surface area contributed by atoms with Crippen molar-refractivity contribution in [3.05, 3.63) is 18.2 Å². The third-order valence-corrected chi connectivity index (χ3v) is 5.92. The van der Waals surface area contributed by atoms with Crippen LogP contribution in [-0.2, 0) is 20.9 Å². The minimum absolute atomic E-state index is 0.231. The maximum atomic E-state index is 4.19. The number of hydrogen-bond acceptors (Lipinski definition) is 1. The van der Waals surface area contributed by atoms with Gasteiger partial charge in [-0.3, -0.25) is 0 Å². The molecule has 2 fully saturated rings. The zero-order chi connectivity index (χ0) is 18.8. The van der Waals surface area contributed by atoms with Gasteiger partial charge in [0.2, 0.25) is 0 Å². The van der Waals surface area contributed by atoms with Gasteiger partial charge in [0.1, 0.15) is 0 Å². The molecule has 0 spiro atoms. The van der Waals surface area contributed by atoms with Crippen LogP contribution in [0.1, 0.15) is 92.4 Å². The van der Waals surface area contributed by atoms with Gasteiger partial charge in [-0.05, 0) is 11.8 Å². The van der Waals surface area contributed by atoms with E-state index >= 15 is 0 Å². The number of hydrogen-bond donors (Lipinski definition) is 0. The minimum Gasteiger partial charge on any atom is -0.668 e. The zero-order valence-corrected chi connectivity index (χ0v) is 19.7. The normalized spacial score (nSPS) is 18.8. The molecular formula is C21H43N2Nb-3. The molecule has 0 aromatic carbocycles. The van der Waals surface area contributed by atoms with E-state index in [1.807, 2.05) is 0 Å². The monoisotopic (exact) mass is 416 g/mol. The molecule has 0 amide bonds. The average molecular weight is 416 g/mol. The molecule has 2 nitrogen and oxygen atoms in total. The topological polar surface area (TPSA) is 26.5 Å². The van der Waals surface area contributed by atoms with Crippen LogP contribution in [0.3, 0.4) is 0 Å². The summed E-state index contributed by atoms with van der Waals surface area (Å²) in [6.07, 6.45) is 17.1. The van der Waals surface area contributed by atoms with Crippen molar-refractivity contribution in [1.82, 2.24) is 0 Å². The Labute approximate surface area is 166 Å². The standard InChI is InChI=1S/2C7H13.C5H11N.C2H6N.Nb/c2*1-7-5-3-2-4-6-7;1-4-5(2,3)6;1-3-2;/h2*2,7H,3-6H2,1H3;4H2,1-3H3;1-2H3;/q2*-1;;-1;. The summed E-state index contributed by atoms with van der Waals surface area (Å²) in [6.45, 7) is 11.1. The van der Waals surface area contributed by atoms with E-state index in [9.17, 15) is 0 Å². The molecule has 0 aromatic rings. The van der Waals surface area contributed by atoms with Crippen LogP contribution >= 0.6 is 0 Å². The summed E-state index contributed by atoms with van der Waals surface area (Å²) in [4.78, 5) is 0. The molecule has 2 aliphatic rings. The first-order valence-corrected chi connectivity index (χ1v) is 10.8. The quantitative estimate of drug-likeness (QED) is 0.333. The molecule has 0 heterocycles. The molecule has 0 N–H and O–H groups in total. The molecule has 3 heteroatoms. The fourth-order valence-corrected chi connectivity index (χ4v) is 2.61. The van der Waals surface area contributed by atoms with E-state index in [-0.39, 0.29) is 5.54 Å². The first kappa shape index (κ1) is 26.7. The van der Waals surface area contributed by atoms with E-state index in [1.165, 1.54) is 51.4 Å². The largest absolute Gasteiger partial charge is 0.668 e. The summed E-state index contributed by atoms with van der Waals surface area (Å²) in [7, 11) is 3.50. The molecule has 2 rings (SSSR count). The van der Waals surface area contributed by atoms with Crippen LogP contribution in [0.5, 0.6) is 0 Å². The van der Waals surface area contributed by atoms with Crippen LogP contribution in [0.2, 0.25) is 0 Å². The summed E-state index contributed by atoms with van der Waals surface area (Å²) in [5.74, 6) is 2.01. The molecule has 2 aliphatic carbocycles. The SMILES string of the molecule is CC1CC[CH-]CC1.CC1CC[CH-]CC1.CCC(C)(C)[N]=[Nb].C[N-]C. The van der Waals surface area contributed by atoms with Gasteiger partial charge in [-0.25, -0.2) is 0 Å². The molecule has 0 radical (unpaired) electrons. The average Bonchev–Trinajstić information content (AvgIpc) is 2.58. The fourth-order valence-electron chi connectivity index (χ4n) is 2.26. The van der Waals surface area contributed by atoms with E-state index in [4.69, 9.17) is 0 Å². The Balaban J connectivity index is 0. The molecule has 0 aliphatic heterocycles. The Morgan fingerprint density at radius 2 is 1.21 bits per heavy atom. The molecule has 145 valence electrons. The van der Waals surface area contributed by atoms with Crippen molar-refractivity contribution >= 4 is 0 Å². The second kappa shape index (κ2) is 18.3. The van der Waals surface area contributed by atoms with Crippen molar-refractivity contribution in [3.63, 3.8) is 0 Å². The van der Waals surface area contributed by atoms with Gasteiger partial charge in [0.25, 0.3) is 0 Å². The summed E-state index contributed by atoms with van der Waals surface area (Å²) in [5, 5.41) is 3.50. The van der Waals surface area contributed by atoms with E-state index in [0.29, 0.717) is 0 Å². The molecule has 0 bridgehead atoms. The second-order valence-corrected chi connectivity index (χ2v) is 8.30. The third-order valence-electron chi connectivity index (χ3n) is 4.59. The van der Waals surface area contributed by atoms with Crippen molar-refractivity contribution in [2.75, 3.05) is 14.1 Å². The van der Waals surface area contributed by atoms with Crippen LogP contribution in [0.15, 0.2) is 3.34 Å². The maximum absolute atomic E-state index is 4.19. The van der Waals surface area contributed by atoms with Gasteiger partial charge in [-0.2, -0.15) is 39.8 Å². The number of rotatable bonds is 2. The van der Waals surface area contributed by atoms with Crippen molar-refractivity contribution in [2.45, 2.75) is 97.9 Å². The molecule has 2 saturated carbocycles. The maximum Gasteiger partial charge on any atom is -0.162 e. The van der Waals surface area contributed by atoms with E-state index < -0.39 is 0 Å². The van der Waals surface area contributed by atoms with E-state index in [0.717, 1.165) is 18.3 Å². The Morgan fingerprint density at radius 3 is 1.29 bits per heavy atom. The Kier molecular flexibility index (Phi) is 20.4. The van der Waals surface area contributed by atoms with Crippen molar-refractivity contribution < 1.29 is 20.9 Å². The zero-order valence-electron chi connectivity index (χ0n) is 17.5. The van der Waals surface area contributed by atoms with Crippen LogP contribution in [0, 0.1) is 24.7 Å². The minimum atomic E-state index is 0.231. The van der Waals surface area contributed by atoms with Crippen LogP contribution in [0.25, 0.3) is 5.32 Å². The van der Waals surface area contributed by atoms with Crippen molar-refractivity contribution in [2.24, 2.45) is 15.2 Å². The van der Waals surface area contributed by atoms with Gasteiger partial charge >= 0.3 is 57.0 Å². The predicted molar refractivity (Wildman–Crippen MR) is 106 cm³/mol. The van der Waals surface area contributed by atoms with Crippen LogP contribution in [-0.4, -0.2) is 19.6 Å². The van der Waals surface area contributed by atoms with Gasteiger partial charge in [0, 0.05) is 0 Å². The first-order chi connectivity index (χ1) is 11.3. The van der Waals surface area contributed by atoms with Gasteiger partial charge in [0.05, 0.1) is 0 Å². The molecule has 24 heavy (non-hydrogen) atoms. The summed E-state index contributed by atoms with van der Waals surface area (Å²) < 4.78 is 4.19. The molecule has 0 saturated heterocycles. The fraction of sp³-hybridized carbons (Fsp3) is 0.905. The third kappa shape index (κ3) is 20.5. The Hall–Kier alpha value is 0.500. The van der Waals surface area contributed by atoms with Crippen molar-refractivity contribution in [1.29, 1.82) is 0 Å². The molecular weight excluding hydrogens is 373 g/mol. The van der Waals surface area contributed by atoms with Gasteiger partial charge < -0.3 is 18.2 Å². The van der Waals surface area contributed by atoms with Crippen LogP contribution < -0.4 is 0 Å². The van der Waals surface area contributed by atoms with Crippen molar-refractivity contribution in [3.8, 4) is 0 Å². The second-order valence-electron chi connectivity index (χ2n) is 7.81. The van der Waals surface area contributed by atoms with E-state index in [1.54, 1.807) is 35.0 Å². The van der Waals surface area contributed by atoms with E-state index in [2.05, 4.69) is 56.1 Å². The van der Waals surface area contributed by atoms with Gasteiger partial charge in [0.15, 0.2) is 0 Å². The van der Waals surface area contributed by atoms with Gasteiger partial charge in [-0.15, -0.1) is 0 Å². The molecule has 0 atom stereocenters. The first-order valence-electron chi connectivity index (χ1n) is 9.80. The molecule has 0 aromatic heterocycles. The summed E-state index contributed by atoms with van der Waals surface area (Å²) >= 11 is 1.55. The Bertz CT molecular complexity index is 239.